The van der Waals surface area contributed by atoms with Gasteiger partial charge < -0.3 is 0 Å². The van der Waals surface area contributed by atoms with E-state index in [4.69, 9.17) is 0 Å². The Bertz CT molecular complexity index is 842. The van der Waals surface area contributed by atoms with Gasteiger partial charge in [0.2, 0.25) is 0 Å². The molecule has 0 unspecified atom stereocenters. The largest absolute Gasteiger partial charge is 0.272 e. The summed E-state index contributed by atoms with van der Waals surface area (Å²) in [7, 11) is 0. The minimum Gasteiger partial charge on any atom is -0.272 e. The van der Waals surface area contributed by atoms with Crippen LogP contribution in [0, 0.1) is 0 Å². The molecule has 1 aromatic heterocycles. The lowest BCUT2D eigenvalue weighted by molar-refractivity contribution is -0.118. The molecule has 0 aliphatic rings. The van der Waals surface area contributed by atoms with Crippen LogP contribution in [-0.4, -0.2) is 22.4 Å². The van der Waals surface area contributed by atoms with E-state index in [-0.39, 0.29) is 5.91 Å². The van der Waals surface area contributed by atoms with Crippen molar-refractivity contribution in [2.75, 3.05) is 5.75 Å². The van der Waals surface area contributed by atoms with E-state index >= 15 is 0 Å². The molecule has 0 radical (unpaired) electrons. The lowest BCUT2D eigenvalue weighted by Crippen LogP contribution is -2.21. The molecule has 0 aliphatic heterocycles. The Labute approximate surface area is 155 Å². The number of fused-ring (bicyclic) bond motifs is 1. The van der Waals surface area contributed by atoms with Crippen LogP contribution in [0.2, 0.25) is 0 Å². The molecule has 0 fully saturated rings. The van der Waals surface area contributed by atoms with Crippen molar-refractivity contribution in [3.8, 4) is 0 Å². The lowest BCUT2D eigenvalue weighted by atomic mass is 10.1. The van der Waals surface area contributed by atoms with E-state index in [1.165, 1.54) is 11.8 Å². The number of aromatic nitrogens is 1. The summed E-state index contributed by atoms with van der Waals surface area (Å²) in [5, 5.41) is 4.33. The molecule has 1 N–H and O–H groups in total. The molecule has 25 heavy (non-hydrogen) atoms. The molecule has 3 aromatic rings. The SMILES string of the molecule is CCC/C(=N\NC(=O)CSc1nc2ccccc2s1)c1ccccc1. The Morgan fingerprint density at radius 2 is 1.92 bits per heavy atom. The van der Waals surface area contributed by atoms with Gasteiger partial charge in [0.25, 0.3) is 5.91 Å². The molecule has 4 nitrogen and oxygen atoms in total. The fourth-order valence-corrected chi connectivity index (χ4v) is 4.20. The van der Waals surface area contributed by atoms with Crippen LogP contribution < -0.4 is 5.43 Å². The highest BCUT2D eigenvalue weighted by Gasteiger charge is 2.08. The van der Waals surface area contributed by atoms with Crippen molar-refractivity contribution in [3.05, 3.63) is 60.2 Å². The third kappa shape index (κ3) is 4.90. The Hall–Kier alpha value is -2.18. The maximum absolute atomic E-state index is 12.1. The van der Waals surface area contributed by atoms with Crippen LogP contribution >= 0.6 is 23.1 Å². The molecular formula is C19H19N3OS2. The molecule has 0 aliphatic carbocycles. The minimum absolute atomic E-state index is 0.117. The van der Waals surface area contributed by atoms with Gasteiger partial charge in [-0.1, -0.05) is 67.6 Å². The smallest absolute Gasteiger partial charge is 0.250 e. The van der Waals surface area contributed by atoms with E-state index in [9.17, 15) is 4.79 Å². The molecule has 6 heteroatoms. The van der Waals surface area contributed by atoms with Crippen molar-refractivity contribution in [1.29, 1.82) is 0 Å². The number of carbonyl (C=O) groups is 1. The number of rotatable bonds is 7. The average molecular weight is 370 g/mol. The van der Waals surface area contributed by atoms with Gasteiger partial charge in [-0.25, -0.2) is 10.4 Å². The predicted molar refractivity (Wildman–Crippen MR) is 106 cm³/mol. The zero-order valence-corrected chi connectivity index (χ0v) is 15.6. The Kier molecular flexibility index (Phi) is 6.19. The number of carbonyl (C=O) groups excluding carboxylic acids is 1. The van der Waals surface area contributed by atoms with Crippen molar-refractivity contribution in [1.82, 2.24) is 10.4 Å². The van der Waals surface area contributed by atoms with Crippen LogP contribution in [0.25, 0.3) is 10.2 Å². The molecule has 3 rings (SSSR count). The number of hydrazone groups is 1. The first kappa shape index (κ1) is 17.6. The molecular weight excluding hydrogens is 350 g/mol. The first-order valence-corrected chi connectivity index (χ1v) is 9.95. The van der Waals surface area contributed by atoms with E-state index in [1.54, 1.807) is 11.3 Å². The number of nitrogens with one attached hydrogen (secondary N) is 1. The number of hydrogen-bond donors (Lipinski definition) is 1. The summed E-state index contributed by atoms with van der Waals surface area (Å²) in [5.41, 5.74) is 5.60. The molecule has 0 bridgehead atoms. The summed E-state index contributed by atoms with van der Waals surface area (Å²) in [5.74, 6) is 0.186. The fraction of sp³-hybridized carbons (Fsp3) is 0.211. The van der Waals surface area contributed by atoms with E-state index in [0.29, 0.717) is 5.75 Å². The van der Waals surface area contributed by atoms with Crippen molar-refractivity contribution >= 4 is 44.9 Å². The van der Waals surface area contributed by atoms with Gasteiger partial charge in [0.1, 0.15) is 0 Å². The Balaban J connectivity index is 1.59. The topological polar surface area (TPSA) is 54.4 Å². The highest BCUT2D eigenvalue weighted by molar-refractivity contribution is 8.01. The quantitative estimate of drug-likeness (QED) is 0.373. The van der Waals surface area contributed by atoms with Crippen LogP contribution in [0.4, 0.5) is 0 Å². The second kappa shape index (κ2) is 8.78. The highest BCUT2D eigenvalue weighted by atomic mass is 32.2. The minimum atomic E-state index is -0.117. The van der Waals surface area contributed by atoms with Gasteiger partial charge >= 0.3 is 0 Å². The van der Waals surface area contributed by atoms with Gasteiger partial charge in [-0.15, -0.1) is 11.3 Å². The molecule has 1 amide bonds. The summed E-state index contributed by atoms with van der Waals surface area (Å²) in [6.45, 7) is 2.10. The summed E-state index contributed by atoms with van der Waals surface area (Å²) < 4.78 is 2.04. The van der Waals surface area contributed by atoms with Gasteiger partial charge in [0, 0.05) is 0 Å². The predicted octanol–water partition coefficient (Wildman–Crippen LogP) is 4.71. The number of hydrogen-bond acceptors (Lipinski definition) is 5. The second-order valence-electron chi connectivity index (χ2n) is 5.45. The van der Waals surface area contributed by atoms with Crippen molar-refractivity contribution < 1.29 is 4.79 Å². The lowest BCUT2D eigenvalue weighted by Gasteiger charge is -2.06. The number of thioether (sulfide) groups is 1. The third-order valence-electron chi connectivity index (χ3n) is 3.51. The van der Waals surface area contributed by atoms with Crippen molar-refractivity contribution in [2.24, 2.45) is 5.10 Å². The van der Waals surface area contributed by atoms with Crippen LogP contribution in [0.15, 0.2) is 64.0 Å². The average Bonchev–Trinajstić information content (AvgIpc) is 3.07. The zero-order valence-electron chi connectivity index (χ0n) is 13.9. The number of nitrogens with zero attached hydrogens (tertiary/aromatic N) is 2. The maximum atomic E-state index is 12.1. The van der Waals surface area contributed by atoms with Crippen molar-refractivity contribution in [2.45, 2.75) is 24.1 Å². The van der Waals surface area contributed by atoms with Crippen molar-refractivity contribution in [3.63, 3.8) is 0 Å². The monoisotopic (exact) mass is 369 g/mol. The van der Waals surface area contributed by atoms with Gasteiger partial charge in [-0.05, 0) is 24.1 Å². The third-order valence-corrected chi connectivity index (χ3v) is 5.69. The summed E-state index contributed by atoms with van der Waals surface area (Å²) in [4.78, 5) is 16.6. The van der Waals surface area contributed by atoms with Crippen LogP contribution in [-0.2, 0) is 4.79 Å². The van der Waals surface area contributed by atoms with E-state index in [2.05, 4.69) is 22.4 Å². The molecule has 128 valence electrons. The molecule has 0 saturated carbocycles. The normalized spacial score (nSPS) is 11.6. The van der Waals surface area contributed by atoms with E-state index in [1.807, 2.05) is 54.6 Å². The van der Waals surface area contributed by atoms with Gasteiger partial charge in [0.05, 0.1) is 21.7 Å². The van der Waals surface area contributed by atoms with Gasteiger partial charge in [0.15, 0.2) is 4.34 Å². The summed E-state index contributed by atoms with van der Waals surface area (Å²) in [6.07, 6.45) is 1.80. The number of para-hydroxylation sites is 1. The number of benzene rings is 2. The van der Waals surface area contributed by atoms with Gasteiger partial charge in [-0.3, -0.25) is 4.79 Å². The maximum Gasteiger partial charge on any atom is 0.250 e. The molecule has 0 saturated heterocycles. The van der Waals surface area contributed by atoms with Crippen LogP contribution in [0.1, 0.15) is 25.3 Å². The van der Waals surface area contributed by atoms with Crippen LogP contribution in [0.5, 0.6) is 0 Å². The van der Waals surface area contributed by atoms with E-state index < -0.39 is 0 Å². The standard InChI is InChI=1S/C19H19N3OS2/c1-2-8-15(14-9-4-3-5-10-14)21-22-18(23)13-24-19-20-16-11-6-7-12-17(16)25-19/h3-7,9-12H,2,8,13H2,1H3,(H,22,23)/b21-15+. The number of thiazole rings is 1. The summed E-state index contributed by atoms with van der Waals surface area (Å²) >= 11 is 3.05. The Morgan fingerprint density at radius 3 is 2.68 bits per heavy atom. The molecule has 2 aromatic carbocycles. The summed E-state index contributed by atoms with van der Waals surface area (Å²) in [6, 6.07) is 17.9. The first-order chi connectivity index (χ1) is 12.3. The van der Waals surface area contributed by atoms with E-state index in [0.717, 1.165) is 38.7 Å². The second-order valence-corrected chi connectivity index (χ2v) is 7.70. The highest BCUT2D eigenvalue weighted by Crippen LogP contribution is 2.28. The molecule has 0 spiro atoms. The molecule has 1 heterocycles. The zero-order chi connectivity index (χ0) is 17.5. The Morgan fingerprint density at radius 1 is 1.16 bits per heavy atom. The number of amides is 1. The molecule has 0 atom stereocenters. The fourth-order valence-electron chi connectivity index (χ4n) is 2.33. The van der Waals surface area contributed by atoms with Gasteiger partial charge in [-0.2, -0.15) is 5.10 Å². The first-order valence-electron chi connectivity index (χ1n) is 8.15. The van der Waals surface area contributed by atoms with Crippen LogP contribution in [0.3, 0.4) is 0 Å².